The van der Waals surface area contributed by atoms with Gasteiger partial charge in [0.25, 0.3) is 5.79 Å². The summed E-state index contributed by atoms with van der Waals surface area (Å²) < 4.78 is 15.3. The maximum atomic E-state index is 15.7. The second-order valence-corrected chi connectivity index (χ2v) is 33.3. The molecule has 7 fully saturated rings. The van der Waals surface area contributed by atoms with Crippen LogP contribution >= 0.6 is 0 Å². The number of anilines is 1. The summed E-state index contributed by atoms with van der Waals surface area (Å²) in [5.74, 6) is 3.39. The van der Waals surface area contributed by atoms with Crippen molar-refractivity contribution >= 4 is 39.5 Å². The molecule has 3 aromatic heterocycles. The second-order valence-electron chi connectivity index (χ2n) is 33.3. The minimum atomic E-state index is -2.55. The third-order valence-electron chi connectivity index (χ3n) is 29.1. The minimum Gasteiger partial charge on any atom is -0.507 e. The summed E-state index contributed by atoms with van der Waals surface area (Å²) in [6.45, 7) is 1.68. The van der Waals surface area contributed by atoms with Gasteiger partial charge in [-0.05, 0) is 195 Å². The number of phenolic OH excluding ortho intramolecular Hbond substituents is 1. The van der Waals surface area contributed by atoms with Crippen molar-refractivity contribution in [2.45, 2.75) is 213 Å². The van der Waals surface area contributed by atoms with Gasteiger partial charge in [-0.1, -0.05) is 67.9 Å². The van der Waals surface area contributed by atoms with Crippen molar-refractivity contribution in [2.75, 3.05) is 11.9 Å². The van der Waals surface area contributed by atoms with Gasteiger partial charge in [0.1, 0.15) is 35.3 Å². The van der Waals surface area contributed by atoms with Crippen molar-refractivity contribution in [3.8, 4) is 23.3 Å². The van der Waals surface area contributed by atoms with Gasteiger partial charge in [-0.2, -0.15) is 0 Å². The molecule has 7 heterocycles. The van der Waals surface area contributed by atoms with Crippen LogP contribution in [-0.2, 0) is 26.8 Å². The molecule has 10 bridgehead atoms. The number of aromatic hydroxyl groups is 1. The average Bonchev–Trinajstić information content (AvgIpc) is 1.42. The summed E-state index contributed by atoms with van der Waals surface area (Å²) in [5, 5.41) is 86.0. The van der Waals surface area contributed by atoms with Gasteiger partial charge >= 0.3 is 0 Å². The molecule has 0 amide bonds. The van der Waals surface area contributed by atoms with Crippen molar-refractivity contribution < 1.29 is 54.5 Å². The number of pyridine rings is 1. The number of fused-ring (bicyclic) bond motifs is 9. The number of aliphatic hydroxyl groups is 5. The van der Waals surface area contributed by atoms with Crippen LogP contribution in [0.25, 0.3) is 16.3 Å². The van der Waals surface area contributed by atoms with Gasteiger partial charge in [0, 0.05) is 93.6 Å². The lowest BCUT2D eigenvalue weighted by atomic mass is 9.45. The van der Waals surface area contributed by atoms with Crippen molar-refractivity contribution in [3.05, 3.63) is 152 Å². The molecule has 18 heteroatoms. The Morgan fingerprint density at radius 3 is 2.41 bits per heavy atom. The Hall–Kier alpha value is -7.31. The van der Waals surface area contributed by atoms with Crippen LogP contribution in [0.1, 0.15) is 224 Å². The predicted octanol–water partition coefficient (Wildman–Crippen LogP) is 9.62. The number of imidazole rings is 1. The summed E-state index contributed by atoms with van der Waals surface area (Å²) in [6, 6.07) is 16.8. The van der Waals surface area contributed by atoms with Gasteiger partial charge < -0.3 is 66.9 Å². The lowest BCUT2D eigenvalue weighted by Crippen LogP contribution is -2.79. The fourth-order valence-corrected chi connectivity index (χ4v) is 25.2. The number of aromatic amines is 2. The van der Waals surface area contributed by atoms with E-state index in [1.165, 1.54) is 6.07 Å². The summed E-state index contributed by atoms with van der Waals surface area (Å²) in [5.41, 5.74) is 14.4. The highest BCUT2D eigenvalue weighted by molar-refractivity contribution is 6.34. The number of nitrogens with two attached hydrogens (primary N) is 2. The number of hydrogen-bond acceptors (Lipinski definition) is 16. The van der Waals surface area contributed by atoms with E-state index in [1.54, 1.807) is 37.4 Å². The van der Waals surface area contributed by atoms with E-state index in [4.69, 9.17) is 30.9 Å². The molecule has 11 aliphatic carbocycles. The number of aliphatic hydroxyl groups excluding tert-OH is 5. The standard InChI is InChI=1S/C80H85N7O11/c1-39-26-48-57(53(89)27-39)64(92)59-54-30-47-46(58(59)63(48)91)17-25-83-71(47)84-35-56(90)77-37-74(20-4-5-21-74)51-11-7-9-42-8-6-10-43-32-76(22-16-45(88)29-44(76)28-40-12-14-41(15-13-40)70(81)82)66-67(86-38-85-66)79(42,43)55-31-49(60(51)77)62(87-55)50-33-78(97-54)68(94)65(93)69(95)80(98-78)61(50)52(77)34-75(72(80)96)24-23-73(36-75)18-2-3-19-73/h12-15,17,25-27,30-31,33,38,42-44,51,56,60,65,68-70,72,87,89-90,93-96H,2-6,8-10,16,18-24,28-29,32,34-37,81-82H2,1H3,(H,83,84)(H,85,86)/t42-,43+,44+,51-,56+,60+,65+,68+,69-,72+,75-,76+,77-,78+,79-,80-/m0/s1. The quantitative estimate of drug-likeness (QED) is 0.0579. The Balaban J connectivity index is 0.882. The third kappa shape index (κ3) is 7.44. The number of ketones is 3. The molecule has 6 saturated carbocycles. The van der Waals surface area contributed by atoms with E-state index in [-0.39, 0.29) is 69.4 Å². The first-order chi connectivity index (χ1) is 47.2. The van der Waals surface area contributed by atoms with E-state index < -0.39 is 98.4 Å². The van der Waals surface area contributed by atoms with E-state index in [1.807, 2.05) is 18.5 Å². The topological polar surface area (TPSA) is 312 Å². The summed E-state index contributed by atoms with van der Waals surface area (Å²) in [7, 11) is 0. The zero-order chi connectivity index (χ0) is 66.7. The molecule has 6 aromatic rings. The number of benzene rings is 3. The number of carbonyl (C=O) groups excluding carboxylic acids is 3. The summed E-state index contributed by atoms with van der Waals surface area (Å²) in [6.07, 6.45) is 12.5. The molecule has 15 aliphatic rings. The summed E-state index contributed by atoms with van der Waals surface area (Å²) >= 11 is 0. The van der Waals surface area contributed by atoms with Gasteiger partial charge in [0.05, 0.1) is 52.6 Å². The Morgan fingerprint density at radius 2 is 1.60 bits per heavy atom. The highest BCUT2D eigenvalue weighted by Gasteiger charge is 2.78. The van der Waals surface area contributed by atoms with Crippen LogP contribution in [0.5, 0.6) is 11.5 Å². The largest absolute Gasteiger partial charge is 0.507 e. The number of H-pyrrole nitrogens is 2. The third-order valence-corrected chi connectivity index (χ3v) is 29.1. The molecule has 8 spiro atoms. The van der Waals surface area contributed by atoms with Gasteiger partial charge in [0.15, 0.2) is 17.5 Å². The molecule has 3 aromatic carbocycles. The Bertz CT molecular complexity index is 4680. The number of Topliss-reactive ketones (excluding diaryl/α,β-unsaturated/α-hetero) is 1. The fraction of sp³-hybridized carbons (Fsp3) is 0.537. The van der Waals surface area contributed by atoms with Crippen LogP contribution in [0.2, 0.25) is 0 Å². The van der Waals surface area contributed by atoms with Gasteiger partial charge in [0.2, 0.25) is 5.78 Å². The lowest BCUT2D eigenvalue weighted by Gasteiger charge is -2.64. The number of hydrogen-bond donors (Lipinski definition) is 11. The van der Waals surface area contributed by atoms with E-state index in [0.717, 1.165) is 123 Å². The average molecular weight is 1320 g/mol. The molecule has 98 heavy (non-hydrogen) atoms. The summed E-state index contributed by atoms with van der Waals surface area (Å²) in [4.78, 5) is 63.9. The smallest absolute Gasteiger partial charge is 0.261 e. The molecule has 0 unspecified atom stereocenters. The van der Waals surface area contributed by atoms with Crippen molar-refractivity contribution in [1.82, 2.24) is 19.9 Å². The first-order valence-electron chi connectivity index (χ1n) is 36.5. The molecule has 0 radical (unpaired) electrons. The Labute approximate surface area is 567 Å². The number of carbonyl (C=O) groups is 3. The van der Waals surface area contributed by atoms with Crippen LogP contribution in [-0.4, -0.2) is 116 Å². The monoisotopic (exact) mass is 1320 g/mol. The van der Waals surface area contributed by atoms with Crippen LogP contribution in [0, 0.1) is 64.1 Å². The first kappa shape index (κ1) is 60.6. The Morgan fingerprint density at radius 1 is 0.806 bits per heavy atom. The molecular formula is C80H85N7O11. The molecular weight excluding hydrogens is 1230 g/mol. The minimum absolute atomic E-state index is 0.00115. The number of rotatable bonds is 3. The maximum Gasteiger partial charge on any atom is 0.261 e. The van der Waals surface area contributed by atoms with Crippen LogP contribution in [0.3, 0.4) is 0 Å². The van der Waals surface area contributed by atoms with Crippen molar-refractivity contribution in [1.29, 1.82) is 0 Å². The van der Waals surface area contributed by atoms with Crippen molar-refractivity contribution in [3.63, 3.8) is 0 Å². The molecule has 21 rings (SSSR count). The molecule has 13 N–H and O–H groups in total. The fourth-order valence-electron chi connectivity index (χ4n) is 25.2. The maximum absolute atomic E-state index is 15.7. The van der Waals surface area contributed by atoms with Crippen molar-refractivity contribution in [2.24, 2.45) is 56.8 Å². The predicted molar refractivity (Wildman–Crippen MR) is 361 cm³/mol. The normalized spacial score (nSPS) is 38.3. The van der Waals surface area contributed by atoms with E-state index >= 15 is 9.59 Å². The molecule has 16 atom stereocenters. The van der Waals surface area contributed by atoms with Gasteiger partial charge in [-0.15, -0.1) is 5.92 Å². The number of nitrogens with zero attached hydrogens (tertiary/aromatic N) is 2. The molecule has 18 nitrogen and oxygen atoms in total. The number of nitrogens with one attached hydrogen (secondary N) is 3. The molecule has 1 saturated heterocycles. The van der Waals surface area contributed by atoms with E-state index in [0.29, 0.717) is 96.8 Å². The molecule has 506 valence electrons. The number of aromatic nitrogens is 4. The number of ether oxygens (including phenoxy) is 2. The number of phenols is 1. The highest BCUT2D eigenvalue weighted by Crippen LogP contribution is 2.79. The highest BCUT2D eigenvalue weighted by atomic mass is 16.7. The second kappa shape index (κ2) is 20.2. The van der Waals surface area contributed by atoms with E-state index in [2.05, 4.69) is 45.3 Å². The zero-order valence-corrected chi connectivity index (χ0v) is 55.3. The Kier molecular flexibility index (Phi) is 12.5. The van der Waals surface area contributed by atoms with Crippen LogP contribution in [0.4, 0.5) is 5.82 Å². The molecule has 4 aliphatic heterocycles. The van der Waals surface area contributed by atoms with E-state index in [9.17, 15) is 35.4 Å². The van der Waals surface area contributed by atoms with Crippen LogP contribution < -0.4 is 21.5 Å². The number of aryl methyl sites for hydroxylation is 1. The first-order valence-corrected chi connectivity index (χ1v) is 36.5. The van der Waals surface area contributed by atoms with Crippen LogP contribution in [0.15, 0.2) is 84.3 Å². The van der Waals surface area contributed by atoms with Gasteiger partial charge in [-0.25, -0.2) is 9.97 Å². The zero-order valence-electron chi connectivity index (χ0n) is 55.3. The SMILES string of the molecule is Cc1cc(O)c2c(c1)C(=O)c1c(c3cc4c(nccc14)NC[C@@H](O)[C@]14CC5(CCCC5)[C@H]5C#CC[C@@H]6CCC[C@@H]7C[C@@]8(CCC(=O)C[C@H]8Cc8ccc(C(N)N)cc8)c8nc[nH]c8[C@@]67c6cc(c([nH]6)C6=C[C@@]7(O3)O[C@@]3(C6=C1C[C@]1(CCC6(CCCC6)C1)[C@H]3O)[C@@H](O)[C@H](O)[C@H]7O)[C@H]54)C2=O. The lowest BCUT2D eigenvalue weighted by molar-refractivity contribution is -0.366. The van der Waals surface area contributed by atoms with Gasteiger partial charge in [-0.3, -0.25) is 14.4 Å².